The number of para-hydroxylation sites is 4. The molecule has 144 valence electrons. The van der Waals surface area contributed by atoms with E-state index in [-0.39, 0.29) is 0 Å². The zero-order valence-corrected chi connectivity index (χ0v) is 16.1. The van der Waals surface area contributed by atoms with E-state index in [9.17, 15) is 0 Å². The van der Waals surface area contributed by atoms with Crippen molar-refractivity contribution in [3.63, 3.8) is 0 Å². The van der Waals surface area contributed by atoms with Gasteiger partial charge in [0.15, 0.2) is 0 Å². The lowest BCUT2D eigenvalue weighted by Gasteiger charge is -2.36. The highest BCUT2D eigenvalue weighted by atomic mass is 15.6. The molecule has 1 fully saturated rings. The molecule has 0 bridgehead atoms. The molecule has 0 N–H and O–H groups in total. The molecule has 6 heteroatoms. The molecule has 4 aromatic rings. The average Bonchev–Trinajstić information content (AvgIpc) is 3.36. The van der Waals surface area contributed by atoms with Crippen LogP contribution < -0.4 is 5.01 Å². The van der Waals surface area contributed by atoms with Gasteiger partial charge in [-0.1, -0.05) is 24.3 Å². The maximum atomic E-state index is 4.52. The number of aryl methyl sites for hydroxylation is 1. The molecule has 3 heterocycles. The molecule has 2 aromatic heterocycles. The van der Waals surface area contributed by atoms with Crippen molar-refractivity contribution >= 4 is 22.1 Å². The highest BCUT2D eigenvalue weighted by Gasteiger charge is 2.18. The Hall–Kier alpha value is -2.86. The van der Waals surface area contributed by atoms with Gasteiger partial charge in [-0.25, -0.2) is 14.6 Å². The zero-order valence-electron chi connectivity index (χ0n) is 16.1. The van der Waals surface area contributed by atoms with E-state index in [2.05, 4.69) is 65.5 Å². The summed E-state index contributed by atoms with van der Waals surface area (Å²) in [5.74, 6) is 0. The maximum absolute atomic E-state index is 4.52. The molecule has 0 aliphatic carbocycles. The number of imidazole rings is 2. The lowest BCUT2D eigenvalue weighted by atomic mass is 10.2. The Balaban J connectivity index is 1.10. The molecule has 5 rings (SSSR count). The molecule has 0 amide bonds. The van der Waals surface area contributed by atoms with E-state index in [0.29, 0.717) is 0 Å². The summed E-state index contributed by atoms with van der Waals surface area (Å²) in [5, 5.41) is 2.41. The SMILES string of the molecule is c1ccc2c(c1)ncn2CCCCN1CCN(n2cnc3ccccc32)CC1. The summed E-state index contributed by atoms with van der Waals surface area (Å²) in [7, 11) is 0. The fraction of sp³-hybridized carbons (Fsp3) is 0.364. The van der Waals surface area contributed by atoms with Crippen molar-refractivity contribution < 1.29 is 0 Å². The maximum Gasteiger partial charge on any atom is 0.116 e. The summed E-state index contributed by atoms with van der Waals surface area (Å²) < 4.78 is 4.49. The summed E-state index contributed by atoms with van der Waals surface area (Å²) in [6, 6.07) is 16.7. The van der Waals surface area contributed by atoms with Crippen LogP contribution in [0.1, 0.15) is 12.8 Å². The van der Waals surface area contributed by atoms with E-state index in [4.69, 9.17) is 0 Å². The minimum atomic E-state index is 1.04. The summed E-state index contributed by atoms with van der Waals surface area (Å²) in [6.45, 7) is 6.53. The smallest absolute Gasteiger partial charge is 0.116 e. The summed E-state index contributed by atoms with van der Waals surface area (Å²) >= 11 is 0. The van der Waals surface area contributed by atoms with Crippen LogP contribution in [-0.4, -0.2) is 56.8 Å². The molecule has 1 aliphatic rings. The van der Waals surface area contributed by atoms with Gasteiger partial charge in [0.1, 0.15) is 6.33 Å². The Morgan fingerprint density at radius 3 is 2.14 bits per heavy atom. The van der Waals surface area contributed by atoms with E-state index in [1.54, 1.807) is 0 Å². The number of unbranched alkanes of at least 4 members (excludes halogenated alkanes) is 1. The van der Waals surface area contributed by atoms with Crippen molar-refractivity contribution in [3.05, 3.63) is 61.2 Å². The summed E-state index contributed by atoms with van der Waals surface area (Å²) in [4.78, 5) is 11.6. The lowest BCUT2D eigenvalue weighted by Crippen LogP contribution is -2.51. The first kappa shape index (κ1) is 17.3. The Morgan fingerprint density at radius 2 is 1.32 bits per heavy atom. The highest BCUT2D eigenvalue weighted by Crippen LogP contribution is 2.15. The third-order valence-electron chi connectivity index (χ3n) is 5.74. The van der Waals surface area contributed by atoms with Crippen LogP contribution in [0.4, 0.5) is 0 Å². The van der Waals surface area contributed by atoms with Gasteiger partial charge in [0.05, 0.1) is 28.4 Å². The summed E-state index contributed by atoms with van der Waals surface area (Å²) in [6.07, 6.45) is 6.34. The van der Waals surface area contributed by atoms with Crippen LogP contribution in [-0.2, 0) is 6.54 Å². The normalized spacial score (nSPS) is 15.6. The number of nitrogens with zero attached hydrogens (tertiary/aromatic N) is 6. The molecule has 1 aliphatic heterocycles. The minimum absolute atomic E-state index is 1.04. The molecule has 28 heavy (non-hydrogen) atoms. The van der Waals surface area contributed by atoms with Gasteiger partial charge in [-0.05, 0) is 43.7 Å². The Labute approximate surface area is 165 Å². The van der Waals surface area contributed by atoms with Crippen LogP contribution >= 0.6 is 0 Å². The van der Waals surface area contributed by atoms with Crippen LogP contribution in [0.5, 0.6) is 0 Å². The first-order valence-corrected chi connectivity index (χ1v) is 10.2. The van der Waals surface area contributed by atoms with Crippen LogP contribution in [0.25, 0.3) is 22.1 Å². The van der Waals surface area contributed by atoms with Gasteiger partial charge in [0.2, 0.25) is 0 Å². The average molecular weight is 374 g/mol. The monoisotopic (exact) mass is 374 g/mol. The first-order chi connectivity index (χ1) is 13.9. The number of piperazine rings is 1. The zero-order chi connectivity index (χ0) is 18.8. The van der Waals surface area contributed by atoms with E-state index >= 15 is 0 Å². The quantitative estimate of drug-likeness (QED) is 0.486. The molecule has 0 radical (unpaired) electrons. The fourth-order valence-corrected chi connectivity index (χ4v) is 4.15. The number of hydrogen-bond donors (Lipinski definition) is 0. The van der Waals surface area contributed by atoms with Crippen molar-refractivity contribution in [3.8, 4) is 0 Å². The first-order valence-electron chi connectivity index (χ1n) is 10.2. The largest absolute Gasteiger partial charge is 0.331 e. The number of aromatic nitrogens is 4. The van der Waals surface area contributed by atoms with E-state index in [1.165, 1.54) is 30.4 Å². The van der Waals surface area contributed by atoms with Crippen molar-refractivity contribution in [2.45, 2.75) is 19.4 Å². The van der Waals surface area contributed by atoms with E-state index in [0.717, 1.165) is 43.8 Å². The minimum Gasteiger partial charge on any atom is -0.331 e. The fourth-order valence-electron chi connectivity index (χ4n) is 4.15. The number of rotatable bonds is 6. The van der Waals surface area contributed by atoms with Gasteiger partial charge in [-0.3, -0.25) is 4.90 Å². The molecule has 6 nitrogen and oxygen atoms in total. The lowest BCUT2D eigenvalue weighted by molar-refractivity contribution is 0.235. The molecule has 0 atom stereocenters. The van der Waals surface area contributed by atoms with Gasteiger partial charge in [-0.2, -0.15) is 0 Å². The van der Waals surface area contributed by atoms with Gasteiger partial charge in [0.25, 0.3) is 0 Å². The standard InChI is InChI=1S/C22H26N6/c1-3-9-21-19(7-1)23-17-26(21)12-6-5-11-25-13-15-27(16-14-25)28-18-24-20-8-2-4-10-22(20)28/h1-4,7-10,17-18H,5-6,11-16H2. The number of hydrogen-bond acceptors (Lipinski definition) is 4. The number of benzene rings is 2. The molecule has 0 unspecified atom stereocenters. The van der Waals surface area contributed by atoms with E-state index in [1.807, 2.05) is 24.8 Å². The molecular weight excluding hydrogens is 348 g/mol. The molecular formula is C22H26N6. The van der Waals surface area contributed by atoms with Gasteiger partial charge in [0, 0.05) is 32.7 Å². The second-order valence-electron chi connectivity index (χ2n) is 7.51. The second kappa shape index (κ2) is 7.64. The predicted molar refractivity (Wildman–Crippen MR) is 113 cm³/mol. The molecule has 0 spiro atoms. The number of fused-ring (bicyclic) bond motifs is 2. The third-order valence-corrected chi connectivity index (χ3v) is 5.74. The third kappa shape index (κ3) is 3.36. The molecule has 0 saturated carbocycles. The molecule has 1 saturated heterocycles. The molecule has 2 aromatic carbocycles. The Morgan fingerprint density at radius 1 is 0.679 bits per heavy atom. The predicted octanol–water partition coefficient (Wildman–Crippen LogP) is 3.12. The Kier molecular flexibility index (Phi) is 4.71. The van der Waals surface area contributed by atoms with Crippen molar-refractivity contribution in [1.29, 1.82) is 0 Å². The van der Waals surface area contributed by atoms with Crippen LogP contribution in [0, 0.1) is 0 Å². The van der Waals surface area contributed by atoms with Crippen LogP contribution in [0.15, 0.2) is 61.2 Å². The Bertz CT molecular complexity index is 1060. The van der Waals surface area contributed by atoms with Crippen molar-refractivity contribution in [1.82, 2.24) is 24.1 Å². The highest BCUT2D eigenvalue weighted by molar-refractivity contribution is 5.75. The summed E-state index contributed by atoms with van der Waals surface area (Å²) in [5.41, 5.74) is 4.59. The topological polar surface area (TPSA) is 42.1 Å². The van der Waals surface area contributed by atoms with Crippen molar-refractivity contribution in [2.75, 3.05) is 37.7 Å². The van der Waals surface area contributed by atoms with Crippen LogP contribution in [0.3, 0.4) is 0 Å². The van der Waals surface area contributed by atoms with Gasteiger partial charge in [-0.15, -0.1) is 0 Å². The van der Waals surface area contributed by atoms with Crippen LogP contribution in [0.2, 0.25) is 0 Å². The van der Waals surface area contributed by atoms with Gasteiger partial charge >= 0.3 is 0 Å². The van der Waals surface area contributed by atoms with E-state index < -0.39 is 0 Å². The van der Waals surface area contributed by atoms with Crippen molar-refractivity contribution in [2.24, 2.45) is 0 Å². The second-order valence-corrected chi connectivity index (χ2v) is 7.51. The van der Waals surface area contributed by atoms with Gasteiger partial charge < -0.3 is 9.58 Å².